The van der Waals surface area contributed by atoms with E-state index in [0.717, 1.165) is 0 Å². The van der Waals surface area contributed by atoms with E-state index in [4.69, 9.17) is 10.5 Å². The van der Waals surface area contributed by atoms with Crippen molar-refractivity contribution in [2.75, 3.05) is 19.5 Å². The van der Waals surface area contributed by atoms with Gasteiger partial charge in [0.05, 0.1) is 18.4 Å². The summed E-state index contributed by atoms with van der Waals surface area (Å²) in [6, 6.07) is 4.06. The zero-order chi connectivity index (χ0) is 12.1. The summed E-state index contributed by atoms with van der Waals surface area (Å²) in [5, 5.41) is 0. The predicted molar refractivity (Wildman–Crippen MR) is 53.7 cm³/mol. The number of ether oxygens (including phenoxy) is 2. The second-order valence-corrected chi connectivity index (χ2v) is 2.95. The molecule has 6 heteroatoms. The van der Waals surface area contributed by atoms with Gasteiger partial charge in [-0.05, 0) is 18.2 Å². The topological polar surface area (TPSA) is 61.5 Å². The van der Waals surface area contributed by atoms with Crippen LogP contribution in [0.2, 0.25) is 0 Å². The minimum Gasteiger partial charge on any atom is -0.485 e. The van der Waals surface area contributed by atoms with Gasteiger partial charge in [-0.3, -0.25) is 0 Å². The molecule has 88 valence electrons. The molecular formula is C10H11F2NO3. The average molecular weight is 231 g/mol. The fourth-order valence-electron chi connectivity index (χ4n) is 1.08. The van der Waals surface area contributed by atoms with Gasteiger partial charge in [0.25, 0.3) is 6.43 Å². The summed E-state index contributed by atoms with van der Waals surface area (Å²) in [5.74, 6) is -0.430. The fraction of sp³-hybridized carbons (Fsp3) is 0.300. The number of nitrogen functional groups attached to an aromatic ring is 1. The van der Waals surface area contributed by atoms with Crippen molar-refractivity contribution in [1.29, 1.82) is 0 Å². The molecule has 0 unspecified atom stereocenters. The fourth-order valence-corrected chi connectivity index (χ4v) is 1.08. The van der Waals surface area contributed by atoms with Crippen molar-refractivity contribution in [2.45, 2.75) is 6.43 Å². The molecule has 0 saturated carbocycles. The van der Waals surface area contributed by atoms with Crippen LogP contribution in [0.25, 0.3) is 0 Å². The lowest BCUT2D eigenvalue weighted by Gasteiger charge is -2.09. The average Bonchev–Trinajstić information content (AvgIpc) is 2.26. The van der Waals surface area contributed by atoms with Gasteiger partial charge in [0, 0.05) is 0 Å². The van der Waals surface area contributed by atoms with Gasteiger partial charge in [0.2, 0.25) is 0 Å². The lowest BCUT2D eigenvalue weighted by molar-refractivity contribution is 0.0600. The maximum Gasteiger partial charge on any atom is 0.337 e. The first-order valence-electron chi connectivity index (χ1n) is 4.43. The van der Waals surface area contributed by atoms with Crippen LogP contribution in [0, 0.1) is 0 Å². The zero-order valence-corrected chi connectivity index (χ0v) is 8.57. The summed E-state index contributed by atoms with van der Waals surface area (Å²) in [4.78, 5) is 11.1. The molecule has 0 amide bonds. The molecule has 1 aromatic carbocycles. The Kier molecular flexibility index (Phi) is 4.04. The minimum absolute atomic E-state index is 0.114. The van der Waals surface area contributed by atoms with Crippen molar-refractivity contribution in [1.82, 2.24) is 0 Å². The number of halogens is 2. The summed E-state index contributed by atoms with van der Waals surface area (Å²) in [7, 11) is 1.24. The van der Waals surface area contributed by atoms with E-state index in [1.807, 2.05) is 0 Å². The number of anilines is 1. The molecule has 0 aromatic heterocycles. The number of methoxy groups -OCH3 is 1. The number of hydrogen-bond acceptors (Lipinski definition) is 4. The van der Waals surface area contributed by atoms with Crippen LogP contribution in [-0.2, 0) is 4.74 Å². The van der Waals surface area contributed by atoms with Gasteiger partial charge in [-0.15, -0.1) is 0 Å². The number of hydrogen-bond donors (Lipinski definition) is 1. The van der Waals surface area contributed by atoms with Crippen LogP contribution in [0.15, 0.2) is 18.2 Å². The van der Waals surface area contributed by atoms with Gasteiger partial charge < -0.3 is 15.2 Å². The lowest BCUT2D eigenvalue weighted by Crippen LogP contribution is -2.09. The molecule has 1 aromatic rings. The van der Waals surface area contributed by atoms with Gasteiger partial charge in [-0.2, -0.15) is 0 Å². The van der Waals surface area contributed by atoms with E-state index in [1.54, 1.807) is 0 Å². The Labute approximate surface area is 91.0 Å². The van der Waals surface area contributed by atoms with Gasteiger partial charge in [-0.1, -0.05) is 0 Å². The normalized spacial score (nSPS) is 10.2. The van der Waals surface area contributed by atoms with Gasteiger partial charge in [0.15, 0.2) is 0 Å². The van der Waals surface area contributed by atoms with Crippen molar-refractivity contribution in [3.05, 3.63) is 23.8 Å². The molecule has 0 aliphatic rings. The van der Waals surface area contributed by atoms with Crippen molar-refractivity contribution >= 4 is 11.7 Å². The third kappa shape index (κ3) is 3.08. The minimum atomic E-state index is -2.57. The Bertz CT molecular complexity index is 382. The number of benzene rings is 1. The van der Waals surface area contributed by atoms with Crippen LogP contribution in [0.5, 0.6) is 5.75 Å². The Morgan fingerprint density at radius 3 is 2.69 bits per heavy atom. The number of esters is 1. The smallest absolute Gasteiger partial charge is 0.337 e. The first-order valence-corrected chi connectivity index (χ1v) is 4.43. The molecule has 0 spiro atoms. The standard InChI is InChI=1S/C10H11F2NO3/c1-15-10(14)6-2-3-8(7(13)4-6)16-5-9(11)12/h2-4,9H,5,13H2,1H3. The summed E-state index contributed by atoms with van der Waals surface area (Å²) in [6.07, 6.45) is -2.57. The molecule has 0 aliphatic carbocycles. The van der Waals surface area contributed by atoms with Crippen LogP contribution in [0.4, 0.5) is 14.5 Å². The molecule has 4 nitrogen and oxygen atoms in total. The van der Waals surface area contributed by atoms with E-state index < -0.39 is 19.0 Å². The highest BCUT2D eigenvalue weighted by atomic mass is 19.3. The summed E-state index contributed by atoms with van der Waals surface area (Å²) >= 11 is 0. The van der Waals surface area contributed by atoms with E-state index in [0.29, 0.717) is 0 Å². The van der Waals surface area contributed by atoms with E-state index in [2.05, 4.69) is 4.74 Å². The van der Waals surface area contributed by atoms with Crippen LogP contribution >= 0.6 is 0 Å². The molecule has 16 heavy (non-hydrogen) atoms. The van der Waals surface area contributed by atoms with Gasteiger partial charge >= 0.3 is 5.97 Å². The van der Waals surface area contributed by atoms with E-state index in [-0.39, 0.29) is 17.0 Å². The van der Waals surface area contributed by atoms with E-state index in [1.165, 1.54) is 25.3 Å². The number of carbonyl (C=O) groups is 1. The van der Waals surface area contributed by atoms with Crippen molar-refractivity contribution in [3.63, 3.8) is 0 Å². The van der Waals surface area contributed by atoms with Crippen LogP contribution in [0.3, 0.4) is 0 Å². The van der Waals surface area contributed by atoms with Crippen LogP contribution < -0.4 is 10.5 Å². The highest BCUT2D eigenvalue weighted by Gasteiger charge is 2.10. The Morgan fingerprint density at radius 2 is 2.19 bits per heavy atom. The van der Waals surface area contributed by atoms with Crippen molar-refractivity contribution in [2.24, 2.45) is 0 Å². The number of carbonyl (C=O) groups excluding carboxylic acids is 1. The van der Waals surface area contributed by atoms with E-state index >= 15 is 0 Å². The summed E-state index contributed by atoms with van der Waals surface area (Å²) in [6.45, 7) is -0.734. The molecule has 0 fully saturated rings. The largest absolute Gasteiger partial charge is 0.485 e. The van der Waals surface area contributed by atoms with Crippen molar-refractivity contribution in [3.8, 4) is 5.75 Å². The molecule has 0 bridgehead atoms. The third-order valence-electron chi connectivity index (χ3n) is 1.80. The second kappa shape index (κ2) is 5.29. The van der Waals surface area contributed by atoms with E-state index in [9.17, 15) is 13.6 Å². The van der Waals surface area contributed by atoms with Crippen LogP contribution in [-0.4, -0.2) is 26.1 Å². The SMILES string of the molecule is COC(=O)c1ccc(OCC(F)F)c(N)c1. The number of nitrogens with two attached hydrogens (primary N) is 1. The van der Waals surface area contributed by atoms with Gasteiger partial charge in [0.1, 0.15) is 12.4 Å². The predicted octanol–water partition coefficient (Wildman–Crippen LogP) is 1.70. The molecular weight excluding hydrogens is 220 g/mol. The lowest BCUT2D eigenvalue weighted by atomic mass is 10.2. The number of alkyl halides is 2. The maximum absolute atomic E-state index is 11.9. The molecule has 0 heterocycles. The quantitative estimate of drug-likeness (QED) is 0.632. The highest BCUT2D eigenvalue weighted by molar-refractivity contribution is 5.90. The molecule has 0 saturated heterocycles. The Hall–Kier alpha value is -1.85. The van der Waals surface area contributed by atoms with Crippen LogP contribution in [0.1, 0.15) is 10.4 Å². The summed E-state index contributed by atoms with van der Waals surface area (Å²) < 4.78 is 33.0. The zero-order valence-electron chi connectivity index (χ0n) is 8.57. The number of rotatable bonds is 4. The molecule has 1 rings (SSSR count). The first kappa shape index (κ1) is 12.2. The highest BCUT2D eigenvalue weighted by Crippen LogP contribution is 2.23. The van der Waals surface area contributed by atoms with Crippen molar-refractivity contribution < 1.29 is 23.0 Å². The molecule has 0 radical (unpaired) electrons. The Balaban J connectivity index is 2.79. The third-order valence-corrected chi connectivity index (χ3v) is 1.80. The summed E-state index contributed by atoms with van der Waals surface area (Å²) in [5.41, 5.74) is 5.88. The second-order valence-electron chi connectivity index (χ2n) is 2.95. The monoisotopic (exact) mass is 231 g/mol. The first-order chi connectivity index (χ1) is 7.54. The Morgan fingerprint density at radius 1 is 1.50 bits per heavy atom. The molecule has 0 aliphatic heterocycles. The van der Waals surface area contributed by atoms with Gasteiger partial charge in [-0.25, -0.2) is 13.6 Å². The molecule has 0 atom stereocenters. The molecule has 2 N–H and O–H groups in total. The maximum atomic E-state index is 11.9.